The molecule has 272 valence electrons. The highest BCUT2D eigenvalue weighted by molar-refractivity contribution is 6.23. The van der Waals surface area contributed by atoms with Crippen molar-refractivity contribution in [2.45, 2.75) is 44.6 Å². The maximum Gasteiger partial charge on any atom is 0.262 e. The third-order valence-electron chi connectivity index (χ3n) is 10.8. The Hall–Kier alpha value is -6.55. The van der Waals surface area contributed by atoms with Crippen LogP contribution in [0.1, 0.15) is 65.1 Å². The number of hydrogen-bond donors (Lipinski definition) is 1. The Morgan fingerprint density at radius 3 is 2.41 bits per heavy atom. The number of amides is 5. The van der Waals surface area contributed by atoms with Gasteiger partial charge in [0.05, 0.1) is 47.8 Å². The van der Waals surface area contributed by atoms with Crippen molar-refractivity contribution in [3.8, 4) is 28.7 Å². The number of hydrogen-bond acceptors (Lipinski definition) is 10. The Morgan fingerprint density at radius 1 is 0.907 bits per heavy atom. The standard InChI is InChI=1S/C41H36N6O7/c1-41(2)31-16-25(6-11-33(31)46(40(41)52)27-17-35(53-3)32(19-42)43-20-27)24-4-7-26(8-5-24)45-15-14-23(21-45)22-54-28-9-10-29-30(18-28)39(51)47(38(29)50)34-12-13-36(48)44-37(34)49/h4-11,16-18,20,23,34H,12-15,21-22H2,1-3H3,(H,44,48,49). The molecule has 0 spiro atoms. The molecule has 2 unspecified atom stereocenters. The van der Waals surface area contributed by atoms with Gasteiger partial charge in [0, 0.05) is 37.2 Å². The van der Waals surface area contributed by atoms with Gasteiger partial charge in [0.2, 0.25) is 17.7 Å². The number of ether oxygens (including phenoxy) is 2. The molecule has 0 bridgehead atoms. The van der Waals surface area contributed by atoms with E-state index in [1.54, 1.807) is 29.2 Å². The van der Waals surface area contributed by atoms with Crippen LogP contribution in [0.5, 0.6) is 11.5 Å². The van der Waals surface area contributed by atoms with Crippen molar-refractivity contribution in [2.75, 3.05) is 36.6 Å². The fourth-order valence-electron chi connectivity index (χ4n) is 7.79. The molecule has 13 nitrogen and oxygen atoms in total. The smallest absolute Gasteiger partial charge is 0.262 e. The molecule has 2 saturated heterocycles. The number of anilines is 3. The lowest BCUT2D eigenvalue weighted by molar-refractivity contribution is -0.136. The van der Waals surface area contributed by atoms with Crippen LogP contribution in [0.4, 0.5) is 17.1 Å². The van der Waals surface area contributed by atoms with Crippen molar-refractivity contribution in [1.29, 1.82) is 5.26 Å². The first kappa shape index (κ1) is 34.5. The number of carbonyl (C=O) groups excluding carboxylic acids is 5. The first-order valence-corrected chi connectivity index (χ1v) is 17.8. The van der Waals surface area contributed by atoms with E-state index < -0.39 is 35.1 Å². The van der Waals surface area contributed by atoms with Gasteiger partial charge in [0.25, 0.3) is 11.8 Å². The summed E-state index contributed by atoms with van der Waals surface area (Å²) in [7, 11) is 1.47. The second-order valence-corrected chi connectivity index (χ2v) is 14.5. The second kappa shape index (κ2) is 13.1. The summed E-state index contributed by atoms with van der Waals surface area (Å²) in [5, 5.41) is 11.6. The number of pyridine rings is 1. The fourth-order valence-corrected chi connectivity index (χ4v) is 7.79. The van der Waals surface area contributed by atoms with E-state index in [4.69, 9.17) is 9.47 Å². The van der Waals surface area contributed by atoms with E-state index >= 15 is 0 Å². The van der Waals surface area contributed by atoms with Gasteiger partial charge < -0.3 is 14.4 Å². The third-order valence-corrected chi connectivity index (χ3v) is 10.8. The number of imide groups is 2. The molecule has 0 radical (unpaired) electrons. The van der Waals surface area contributed by atoms with Crippen LogP contribution in [0, 0.1) is 17.2 Å². The molecule has 54 heavy (non-hydrogen) atoms. The Labute approximate surface area is 311 Å². The lowest BCUT2D eigenvalue weighted by atomic mass is 9.84. The largest absolute Gasteiger partial charge is 0.494 e. The quantitative estimate of drug-likeness (QED) is 0.248. The molecule has 3 aromatic carbocycles. The highest BCUT2D eigenvalue weighted by atomic mass is 16.5. The molecule has 0 saturated carbocycles. The molecular formula is C41H36N6O7. The number of aromatic nitrogens is 1. The van der Waals surface area contributed by atoms with Crippen LogP contribution in [-0.2, 0) is 19.8 Å². The van der Waals surface area contributed by atoms with E-state index in [0.717, 1.165) is 52.5 Å². The predicted molar refractivity (Wildman–Crippen MR) is 196 cm³/mol. The summed E-state index contributed by atoms with van der Waals surface area (Å²) in [4.78, 5) is 73.0. The molecule has 1 aromatic heterocycles. The zero-order chi connectivity index (χ0) is 37.9. The summed E-state index contributed by atoms with van der Waals surface area (Å²) in [6.07, 6.45) is 2.60. The molecule has 4 aliphatic rings. The second-order valence-electron chi connectivity index (χ2n) is 14.5. The van der Waals surface area contributed by atoms with Gasteiger partial charge in [-0.2, -0.15) is 5.26 Å². The first-order chi connectivity index (χ1) is 26.0. The number of nitrogens with zero attached hydrogens (tertiary/aromatic N) is 5. The maximum absolute atomic E-state index is 13.7. The fraction of sp³-hybridized carbons (Fsp3) is 0.293. The zero-order valence-electron chi connectivity index (χ0n) is 29.9. The number of rotatable bonds is 8. The van der Waals surface area contributed by atoms with Gasteiger partial charge in [-0.1, -0.05) is 18.2 Å². The van der Waals surface area contributed by atoms with E-state index in [0.29, 0.717) is 23.8 Å². The molecule has 4 aromatic rings. The summed E-state index contributed by atoms with van der Waals surface area (Å²) in [5.41, 5.74) is 5.05. The number of nitriles is 1. The van der Waals surface area contributed by atoms with Gasteiger partial charge in [0.15, 0.2) is 11.4 Å². The van der Waals surface area contributed by atoms with Crippen LogP contribution in [-0.4, -0.2) is 72.3 Å². The lowest BCUT2D eigenvalue weighted by Gasteiger charge is -2.27. The van der Waals surface area contributed by atoms with Gasteiger partial charge in [-0.05, 0) is 85.8 Å². The molecule has 4 aliphatic heterocycles. The number of fused-ring (bicyclic) bond motifs is 2. The lowest BCUT2D eigenvalue weighted by Crippen LogP contribution is -2.54. The van der Waals surface area contributed by atoms with Crippen LogP contribution in [0.25, 0.3) is 11.1 Å². The van der Waals surface area contributed by atoms with Crippen LogP contribution in [0.3, 0.4) is 0 Å². The highest BCUT2D eigenvalue weighted by Gasteiger charge is 2.46. The van der Waals surface area contributed by atoms with Crippen LogP contribution >= 0.6 is 0 Å². The Balaban J connectivity index is 0.915. The van der Waals surface area contributed by atoms with Gasteiger partial charge in [-0.15, -0.1) is 0 Å². The van der Waals surface area contributed by atoms with Crippen molar-refractivity contribution < 1.29 is 33.4 Å². The number of methoxy groups -OCH3 is 1. The SMILES string of the molecule is COc1cc(N2C(=O)C(C)(C)c3cc(-c4ccc(N5CCC(COc6ccc7c(c6)C(=O)N(C6CCC(=O)NC6=O)C7=O)C5)cc4)ccc32)cnc1C#N. The van der Waals surface area contributed by atoms with Crippen molar-refractivity contribution in [3.05, 3.63) is 95.3 Å². The number of benzene rings is 3. The van der Waals surface area contributed by atoms with E-state index in [1.807, 2.05) is 32.0 Å². The number of piperidine rings is 1. The van der Waals surface area contributed by atoms with E-state index in [9.17, 15) is 29.2 Å². The van der Waals surface area contributed by atoms with Crippen molar-refractivity contribution in [1.82, 2.24) is 15.2 Å². The van der Waals surface area contributed by atoms with Gasteiger partial charge in [-0.3, -0.25) is 39.1 Å². The minimum absolute atomic E-state index is 0.0636. The summed E-state index contributed by atoms with van der Waals surface area (Å²) in [6.45, 7) is 5.88. The third kappa shape index (κ3) is 5.71. The summed E-state index contributed by atoms with van der Waals surface area (Å²) in [6, 6.07) is 21.8. The Morgan fingerprint density at radius 2 is 1.67 bits per heavy atom. The molecule has 5 amide bonds. The Bertz CT molecular complexity index is 2310. The highest BCUT2D eigenvalue weighted by Crippen LogP contribution is 2.47. The molecule has 2 fully saturated rings. The predicted octanol–water partition coefficient (Wildman–Crippen LogP) is 4.89. The zero-order valence-corrected chi connectivity index (χ0v) is 29.9. The van der Waals surface area contributed by atoms with E-state index in [1.165, 1.54) is 13.3 Å². The minimum Gasteiger partial charge on any atom is -0.494 e. The monoisotopic (exact) mass is 724 g/mol. The topological polar surface area (TPSA) is 162 Å². The van der Waals surface area contributed by atoms with Gasteiger partial charge in [-0.25, -0.2) is 4.98 Å². The molecule has 5 heterocycles. The normalized spacial score (nSPS) is 20.2. The van der Waals surface area contributed by atoms with Crippen molar-refractivity contribution in [3.63, 3.8) is 0 Å². The molecule has 1 N–H and O–H groups in total. The minimum atomic E-state index is -1.01. The average Bonchev–Trinajstić information content (AvgIpc) is 3.81. The maximum atomic E-state index is 13.7. The Kier molecular flexibility index (Phi) is 8.40. The summed E-state index contributed by atoms with van der Waals surface area (Å²) in [5.74, 6) is -1.25. The summed E-state index contributed by atoms with van der Waals surface area (Å²) < 4.78 is 11.5. The average molecular weight is 725 g/mol. The molecule has 8 rings (SSSR count). The van der Waals surface area contributed by atoms with E-state index in [-0.39, 0.29) is 41.5 Å². The number of nitrogens with one attached hydrogen (secondary N) is 1. The molecule has 13 heteroatoms. The van der Waals surface area contributed by atoms with Crippen LogP contribution < -0.4 is 24.6 Å². The van der Waals surface area contributed by atoms with Crippen molar-refractivity contribution >= 4 is 46.6 Å². The molecular weight excluding hydrogens is 688 g/mol. The van der Waals surface area contributed by atoms with Gasteiger partial charge >= 0.3 is 0 Å². The van der Waals surface area contributed by atoms with Crippen LogP contribution in [0.15, 0.2) is 72.9 Å². The molecule has 0 aliphatic carbocycles. The molecule has 2 atom stereocenters. The van der Waals surface area contributed by atoms with Crippen molar-refractivity contribution in [2.24, 2.45) is 5.92 Å². The first-order valence-electron chi connectivity index (χ1n) is 17.8. The number of carbonyl (C=O) groups is 5. The summed E-state index contributed by atoms with van der Waals surface area (Å²) >= 11 is 0. The van der Waals surface area contributed by atoms with Crippen LogP contribution in [0.2, 0.25) is 0 Å². The van der Waals surface area contributed by atoms with E-state index in [2.05, 4.69) is 45.5 Å². The van der Waals surface area contributed by atoms with Gasteiger partial charge in [0.1, 0.15) is 17.9 Å².